The average Bonchev–Trinajstić information content (AvgIpc) is 2.53. The van der Waals surface area contributed by atoms with Gasteiger partial charge in [0.15, 0.2) is 0 Å². The normalized spacial score (nSPS) is 29.0. The van der Waals surface area contributed by atoms with Crippen LogP contribution >= 0.6 is 11.8 Å². The fourth-order valence-electron chi connectivity index (χ4n) is 5.04. The second-order valence-corrected chi connectivity index (χ2v) is 8.73. The molecule has 1 saturated heterocycles. The molecule has 0 amide bonds. The van der Waals surface area contributed by atoms with Crippen molar-refractivity contribution in [1.29, 1.82) is 0 Å². The van der Waals surface area contributed by atoms with E-state index in [-0.39, 0.29) is 0 Å². The third kappa shape index (κ3) is 3.61. The zero-order valence-corrected chi connectivity index (χ0v) is 14.8. The molecule has 1 aliphatic heterocycles. The van der Waals surface area contributed by atoms with Crippen molar-refractivity contribution in [2.24, 2.45) is 0 Å². The van der Waals surface area contributed by atoms with Crippen LogP contribution in [0.15, 0.2) is 0 Å². The van der Waals surface area contributed by atoms with Gasteiger partial charge in [-0.3, -0.25) is 4.90 Å². The standard InChI is InChI=1S/C18H34N2S/c1-21-14-8-13-20-16-17(9-4-2-5-10-17)19-15-18(20)11-6-3-7-12-18/h19H,2-16H2,1H3. The number of rotatable bonds is 4. The summed E-state index contributed by atoms with van der Waals surface area (Å²) in [7, 11) is 0. The Bertz CT molecular complexity index is 319. The number of hydrogen-bond donors (Lipinski definition) is 1. The average molecular weight is 311 g/mol. The summed E-state index contributed by atoms with van der Waals surface area (Å²) in [5, 5.41) is 4.07. The molecule has 0 aromatic heterocycles. The lowest BCUT2D eigenvalue weighted by atomic mass is 9.72. The fraction of sp³-hybridized carbons (Fsp3) is 1.00. The van der Waals surface area contributed by atoms with Gasteiger partial charge in [-0.1, -0.05) is 38.5 Å². The topological polar surface area (TPSA) is 15.3 Å². The van der Waals surface area contributed by atoms with Crippen molar-refractivity contribution in [3.63, 3.8) is 0 Å². The van der Waals surface area contributed by atoms with Gasteiger partial charge in [-0.05, 0) is 50.7 Å². The van der Waals surface area contributed by atoms with Gasteiger partial charge in [-0.25, -0.2) is 0 Å². The molecule has 0 atom stereocenters. The van der Waals surface area contributed by atoms with Crippen molar-refractivity contribution < 1.29 is 0 Å². The molecule has 0 aromatic carbocycles. The first-order valence-electron chi connectivity index (χ1n) is 9.28. The second kappa shape index (κ2) is 7.23. The van der Waals surface area contributed by atoms with Crippen molar-refractivity contribution in [3.8, 4) is 0 Å². The molecule has 2 spiro atoms. The molecular formula is C18H34N2S. The van der Waals surface area contributed by atoms with Crippen LogP contribution < -0.4 is 5.32 Å². The van der Waals surface area contributed by atoms with Gasteiger partial charge in [-0.15, -0.1) is 0 Å². The van der Waals surface area contributed by atoms with Crippen molar-refractivity contribution in [1.82, 2.24) is 10.2 Å². The summed E-state index contributed by atoms with van der Waals surface area (Å²) in [6.45, 7) is 3.94. The summed E-state index contributed by atoms with van der Waals surface area (Å²) in [6.07, 6.45) is 18.1. The largest absolute Gasteiger partial charge is 0.308 e. The van der Waals surface area contributed by atoms with Crippen LogP contribution in [0.2, 0.25) is 0 Å². The maximum Gasteiger partial charge on any atom is 0.0334 e. The molecule has 1 N–H and O–H groups in total. The fourth-order valence-corrected chi connectivity index (χ4v) is 5.45. The van der Waals surface area contributed by atoms with Gasteiger partial charge in [0.05, 0.1) is 0 Å². The van der Waals surface area contributed by atoms with E-state index in [0.29, 0.717) is 11.1 Å². The van der Waals surface area contributed by atoms with E-state index >= 15 is 0 Å². The van der Waals surface area contributed by atoms with E-state index in [4.69, 9.17) is 0 Å². The summed E-state index contributed by atoms with van der Waals surface area (Å²) in [5.41, 5.74) is 0.986. The Hall–Kier alpha value is 0.270. The molecule has 21 heavy (non-hydrogen) atoms. The van der Waals surface area contributed by atoms with Crippen LogP contribution in [0.25, 0.3) is 0 Å². The third-order valence-corrected chi connectivity index (χ3v) is 7.03. The van der Waals surface area contributed by atoms with Gasteiger partial charge >= 0.3 is 0 Å². The quantitative estimate of drug-likeness (QED) is 0.789. The molecule has 0 bridgehead atoms. The van der Waals surface area contributed by atoms with Gasteiger partial charge in [0.2, 0.25) is 0 Å². The van der Waals surface area contributed by atoms with Crippen LogP contribution in [0.5, 0.6) is 0 Å². The van der Waals surface area contributed by atoms with E-state index in [1.165, 1.54) is 96.0 Å². The highest BCUT2D eigenvalue weighted by Crippen LogP contribution is 2.40. The maximum absolute atomic E-state index is 4.07. The summed E-state index contributed by atoms with van der Waals surface area (Å²) in [4.78, 5) is 2.95. The van der Waals surface area contributed by atoms with E-state index in [9.17, 15) is 0 Å². The zero-order valence-electron chi connectivity index (χ0n) is 14.0. The minimum Gasteiger partial charge on any atom is -0.308 e. The Kier molecular flexibility index (Phi) is 5.55. The molecule has 2 saturated carbocycles. The monoisotopic (exact) mass is 310 g/mol. The second-order valence-electron chi connectivity index (χ2n) is 7.75. The smallest absolute Gasteiger partial charge is 0.0334 e. The number of piperazine rings is 1. The Morgan fingerprint density at radius 2 is 1.62 bits per heavy atom. The predicted molar refractivity (Wildman–Crippen MR) is 94.2 cm³/mol. The van der Waals surface area contributed by atoms with E-state index < -0.39 is 0 Å². The number of nitrogens with one attached hydrogen (secondary N) is 1. The summed E-state index contributed by atoms with van der Waals surface area (Å²) in [6, 6.07) is 0. The van der Waals surface area contributed by atoms with Crippen molar-refractivity contribution in [3.05, 3.63) is 0 Å². The van der Waals surface area contributed by atoms with Crippen LogP contribution in [0.4, 0.5) is 0 Å². The molecule has 1 heterocycles. The Balaban J connectivity index is 1.69. The van der Waals surface area contributed by atoms with E-state index in [1.807, 2.05) is 11.8 Å². The highest BCUT2D eigenvalue weighted by molar-refractivity contribution is 7.98. The minimum absolute atomic E-state index is 0.473. The third-order valence-electron chi connectivity index (χ3n) is 6.33. The Morgan fingerprint density at radius 3 is 2.29 bits per heavy atom. The van der Waals surface area contributed by atoms with Crippen molar-refractivity contribution in [2.45, 2.75) is 81.7 Å². The summed E-state index contributed by atoms with van der Waals surface area (Å²) < 4.78 is 0. The first kappa shape index (κ1) is 16.1. The number of thioether (sulfide) groups is 1. The molecular weight excluding hydrogens is 276 g/mol. The van der Waals surface area contributed by atoms with E-state index in [1.54, 1.807) is 0 Å². The molecule has 0 aromatic rings. The van der Waals surface area contributed by atoms with Gasteiger partial charge in [0, 0.05) is 24.2 Å². The first-order valence-corrected chi connectivity index (χ1v) is 10.7. The maximum atomic E-state index is 4.07. The van der Waals surface area contributed by atoms with Crippen molar-refractivity contribution in [2.75, 3.05) is 31.6 Å². The van der Waals surface area contributed by atoms with Gasteiger partial charge in [0.1, 0.15) is 0 Å². The first-order chi connectivity index (χ1) is 10.3. The SMILES string of the molecule is CSCCCN1CC2(CCCCC2)NCC12CCCCC2. The lowest BCUT2D eigenvalue weighted by Crippen LogP contribution is -2.70. The highest BCUT2D eigenvalue weighted by atomic mass is 32.2. The van der Waals surface area contributed by atoms with Gasteiger partial charge < -0.3 is 5.32 Å². The number of nitrogens with zero attached hydrogens (tertiary/aromatic N) is 1. The van der Waals surface area contributed by atoms with Crippen LogP contribution in [-0.4, -0.2) is 47.6 Å². The van der Waals surface area contributed by atoms with Crippen LogP contribution in [-0.2, 0) is 0 Å². The molecule has 2 aliphatic carbocycles. The summed E-state index contributed by atoms with van der Waals surface area (Å²) >= 11 is 2.01. The predicted octanol–water partition coefficient (Wildman–Crippen LogP) is 4.05. The molecule has 122 valence electrons. The Morgan fingerprint density at radius 1 is 0.952 bits per heavy atom. The van der Waals surface area contributed by atoms with Crippen LogP contribution in [0.3, 0.4) is 0 Å². The van der Waals surface area contributed by atoms with Gasteiger partial charge in [0.25, 0.3) is 0 Å². The summed E-state index contributed by atoms with van der Waals surface area (Å²) in [5.74, 6) is 1.33. The highest BCUT2D eigenvalue weighted by Gasteiger charge is 2.47. The molecule has 3 heteroatoms. The van der Waals surface area contributed by atoms with E-state index in [2.05, 4.69) is 16.5 Å². The minimum atomic E-state index is 0.473. The zero-order chi connectivity index (χ0) is 14.6. The lowest BCUT2D eigenvalue weighted by Gasteiger charge is -2.57. The molecule has 3 fully saturated rings. The van der Waals surface area contributed by atoms with E-state index in [0.717, 1.165) is 0 Å². The Labute approximate surface area is 135 Å². The number of hydrogen-bond acceptors (Lipinski definition) is 3. The van der Waals surface area contributed by atoms with Crippen molar-refractivity contribution >= 4 is 11.8 Å². The molecule has 2 nitrogen and oxygen atoms in total. The lowest BCUT2D eigenvalue weighted by molar-refractivity contribution is -0.0293. The molecule has 3 aliphatic rings. The molecule has 3 rings (SSSR count). The van der Waals surface area contributed by atoms with Crippen LogP contribution in [0, 0.1) is 0 Å². The van der Waals surface area contributed by atoms with Crippen LogP contribution in [0.1, 0.15) is 70.6 Å². The molecule has 0 unspecified atom stereocenters. The van der Waals surface area contributed by atoms with Gasteiger partial charge in [-0.2, -0.15) is 11.8 Å². The molecule has 0 radical (unpaired) electrons.